The first-order valence-corrected chi connectivity index (χ1v) is 8.10. The fourth-order valence-corrected chi connectivity index (χ4v) is 3.46. The molecule has 0 aliphatic carbocycles. The largest absolute Gasteiger partial charge is 0.398 e. The SMILES string of the molecule is [B]c1cccc(C2=N[C@@H](C)C(C)C3=C2C(C)(C(F)(F)F)CC(=O)N3)c1. The maximum absolute atomic E-state index is 14.0. The van der Waals surface area contributed by atoms with Gasteiger partial charge in [-0.25, -0.2) is 0 Å². The molecular formula is C18H18BF3N2O. The summed E-state index contributed by atoms with van der Waals surface area (Å²) < 4.78 is 41.9. The Balaban J connectivity index is 2.28. The van der Waals surface area contributed by atoms with Crippen LogP contribution in [0.5, 0.6) is 0 Å². The van der Waals surface area contributed by atoms with Crippen molar-refractivity contribution in [2.45, 2.75) is 39.4 Å². The molecule has 2 aliphatic heterocycles. The number of dihydropyridines is 1. The van der Waals surface area contributed by atoms with E-state index in [0.717, 1.165) is 6.92 Å². The van der Waals surface area contributed by atoms with E-state index < -0.39 is 23.9 Å². The molecule has 2 heterocycles. The summed E-state index contributed by atoms with van der Waals surface area (Å²) in [6.07, 6.45) is -5.23. The van der Waals surface area contributed by atoms with Gasteiger partial charge < -0.3 is 5.32 Å². The zero-order valence-corrected chi connectivity index (χ0v) is 14.2. The van der Waals surface area contributed by atoms with Crippen LogP contribution in [0.4, 0.5) is 13.2 Å². The second kappa shape index (κ2) is 5.75. The van der Waals surface area contributed by atoms with Crippen LogP contribution in [0.2, 0.25) is 0 Å². The monoisotopic (exact) mass is 346 g/mol. The van der Waals surface area contributed by atoms with Crippen molar-refractivity contribution in [3.05, 3.63) is 41.1 Å². The Hall–Kier alpha value is -2.05. The highest BCUT2D eigenvalue weighted by atomic mass is 19.4. The first kappa shape index (κ1) is 17.8. The third-order valence-electron chi connectivity index (χ3n) is 5.14. The lowest BCUT2D eigenvalue weighted by Gasteiger charge is -2.43. The fraction of sp³-hybridized carbons (Fsp3) is 0.444. The molecule has 0 fully saturated rings. The van der Waals surface area contributed by atoms with Crippen molar-refractivity contribution in [2.75, 3.05) is 0 Å². The van der Waals surface area contributed by atoms with Crippen molar-refractivity contribution in [3.63, 3.8) is 0 Å². The van der Waals surface area contributed by atoms with E-state index in [2.05, 4.69) is 10.3 Å². The number of hydrogen-bond acceptors (Lipinski definition) is 2. The van der Waals surface area contributed by atoms with Gasteiger partial charge in [-0.15, -0.1) is 0 Å². The van der Waals surface area contributed by atoms with Crippen LogP contribution in [-0.4, -0.2) is 31.7 Å². The smallest absolute Gasteiger partial charge is 0.329 e. The van der Waals surface area contributed by atoms with Crippen molar-refractivity contribution in [3.8, 4) is 0 Å². The van der Waals surface area contributed by atoms with E-state index in [1.54, 1.807) is 31.2 Å². The van der Waals surface area contributed by atoms with E-state index in [9.17, 15) is 18.0 Å². The molecule has 0 saturated heterocycles. The van der Waals surface area contributed by atoms with E-state index in [0.29, 0.717) is 16.7 Å². The standard InChI is InChI=1S/C18H18BF3N2O/c1-9-10(2)23-16(11-5-4-6-12(19)7-11)14-15(9)24-13(25)8-17(14,3)18(20,21)22/h4-7,9-10H,8H2,1-3H3,(H,24,25)/t9?,10-,17?/m0/s1. The number of benzene rings is 1. The lowest BCUT2D eigenvalue weighted by Crippen LogP contribution is -2.52. The Kier molecular flexibility index (Phi) is 4.08. The van der Waals surface area contributed by atoms with Crippen LogP contribution in [0.25, 0.3) is 0 Å². The van der Waals surface area contributed by atoms with Crippen LogP contribution in [0.1, 0.15) is 32.8 Å². The fourth-order valence-electron chi connectivity index (χ4n) is 3.46. The molecule has 2 radical (unpaired) electrons. The molecule has 1 aromatic rings. The number of amides is 1. The quantitative estimate of drug-likeness (QED) is 0.781. The number of nitrogens with zero attached hydrogens (tertiary/aromatic N) is 1. The molecule has 1 amide bonds. The summed E-state index contributed by atoms with van der Waals surface area (Å²) in [6, 6.07) is 6.39. The first-order chi connectivity index (χ1) is 11.5. The van der Waals surface area contributed by atoms with E-state index in [-0.39, 0.29) is 23.2 Å². The van der Waals surface area contributed by atoms with Crippen LogP contribution in [0.15, 0.2) is 40.5 Å². The minimum atomic E-state index is -4.58. The van der Waals surface area contributed by atoms with Crippen molar-refractivity contribution >= 4 is 24.9 Å². The summed E-state index contributed by atoms with van der Waals surface area (Å²) in [4.78, 5) is 16.6. The maximum atomic E-state index is 14.0. The highest BCUT2D eigenvalue weighted by Crippen LogP contribution is 2.52. The number of carbonyl (C=O) groups excluding carboxylic acids is 1. The predicted octanol–water partition coefficient (Wildman–Crippen LogP) is 2.65. The average Bonchev–Trinajstić information content (AvgIpc) is 2.49. The van der Waals surface area contributed by atoms with Gasteiger partial charge in [-0.1, -0.05) is 36.7 Å². The van der Waals surface area contributed by atoms with E-state index in [4.69, 9.17) is 7.85 Å². The Morgan fingerprint density at radius 2 is 2.00 bits per heavy atom. The zero-order chi connectivity index (χ0) is 18.6. The van der Waals surface area contributed by atoms with Gasteiger partial charge in [0.2, 0.25) is 5.91 Å². The Morgan fingerprint density at radius 1 is 1.32 bits per heavy atom. The second-order valence-corrected chi connectivity index (χ2v) is 6.98. The van der Waals surface area contributed by atoms with Gasteiger partial charge in [-0.2, -0.15) is 13.2 Å². The molecule has 0 bridgehead atoms. The normalized spacial score (nSPS) is 29.8. The van der Waals surface area contributed by atoms with Crippen molar-refractivity contribution < 1.29 is 18.0 Å². The summed E-state index contributed by atoms with van der Waals surface area (Å²) in [5, 5.41) is 2.67. The number of alkyl halides is 3. The van der Waals surface area contributed by atoms with Crippen LogP contribution in [0.3, 0.4) is 0 Å². The first-order valence-electron chi connectivity index (χ1n) is 8.10. The molecule has 3 rings (SSSR count). The number of nitrogens with one attached hydrogen (secondary N) is 1. The lowest BCUT2D eigenvalue weighted by molar-refractivity contribution is -0.207. The molecule has 1 aromatic carbocycles. The molecule has 25 heavy (non-hydrogen) atoms. The molecule has 2 aliphatic rings. The maximum Gasteiger partial charge on any atom is 0.398 e. The highest BCUT2D eigenvalue weighted by Gasteiger charge is 2.59. The lowest BCUT2D eigenvalue weighted by atomic mass is 9.68. The Labute approximate surface area is 145 Å². The van der Waals surface area contributed by atoms with Crippen molar-refractivity contribution in [2.24, 2.45) is 16.3 Å². The number of rotatable bonds is 1. The average molecular weight is 346 g/mol. The number of allylic oxidation sites excluding steroid dienone is 1. The van der Waals surface area contributed by atoms with Gasteiger partial charge in [0.15, 0.2) is 0 Å². The number of aliphatic imine (C=N–C) groups is 1. The van der Waals surface area contributed by atoms with Gasteiger partial charge in [0.25, 0.3) is 0 Å². The molecule has 1 N–H and O–H groups in total. The number of hydrogen-bond donors (Lipinski definition) is 1. The van der Waals surface area contributed by atoms with Crippen LogP contribution < -0.4 is 10.8 Å². The van der Waals surface area contributed by atoms with Gasteiger partial charge in [0.1, 0.15) is 13.3 Å². The third kappa shape index (κ3) is 2.79. The zero-order valence-electron chi connectivity index (χ0n) is 14.2. The molecule has 7 heteroatoms. The van der Waals surface area contributed by atoms with Gasteiger partial charge in [0, 0.05) is 23.6 Å². The summed E-state index contributed by atoms with van der Waals surface area (Å²) in [5.74, 6) is -0.933. The molecule has 2 unspecified atom stereocenters. The van der Waals surface area contributed by atoms with Crippen LogP contribution >= 0.6 is 0 Å². The summed E-state index contributed by atoms with van der Waals surface area (Å²) in [6.45, 7) is 4.68. The molecule has 130 valence electrons. The second-order valence-electron chi connectivity index (χ2n) is 6.98. The number of halogens is 3. The van der Waals surface area contributed by atoms with Gasteiger partial charge >= 0.3 is 6.18 Å². The van der Waals surface area contributed by atoms with E-state index in [1.165, 1.54) is 0 Å². The molecule has 0 aromatic heterocycles. The topological polar surface area (TPSA) is 41.5 Å². The van der Waals surface area contributed by atoms with Crippen LogP contribution in [0, 0.1) is 11.3 Å². The van der Waals surface area contributed by atoms with E-state index in [1.807, 2.05) is 6.92 Å². The molecular weight excluding hydrogens is 328 g/mol. The predicted molar refractivity (Wildman–Crippen MR) is 90.9 cm³/mol. The molecule has 0 saturated carbocycles. The molecule has 3 nitrogen and oxygen atoms in total. The van der Waals surface area contributed by atoms with Crippen LogP contribution in [-0.2, 0) is 4.79 Å². The Bertz CT molecular complexity index is 800. The Morgan fingerprint density at radius 3 is 2.60 bits per heavy atom. The molecule has 3 atom stereocenters. The van der Waals surface area contributed by atoms with Gasteiger partial charge in [0.05, 0.1) is 11.8 Å². The minimum Gasteiger partial charge on any atom is -0.329 e. The van der Waals surface area contributed by atoms with Gasteiger partial charge in [-0.05, 0) is 19.4 Å². The third-order valence-corrected chi connectivity index (χ3v) is 5.14. The van der Waals surface area contributed by atoms with Crippen molar-refractivity contribution in [1.82, 2.24) is 5.32 Å². The van der Waals surface area contributed by atoms with Crippen molar-refractivity contribution in [1.29, 1.82) is 0 Å². The van der Waals surface area contributed by atoms with E-state index >= 15 is 0 Å². The number of carbonyl (C=O) groups is 1. The highest BCUT2D eigenvalue weighted by molar-refractivity contribution is 6.33. The molecule has 0 spiro atoms. The summed E-state index contributed by atoms with van der Waals surface area (Å²) in [7, 11) is 5.81. The minimum absolute atomic E-state index is 0.0517. The van der Waals surface area contributed by atoms with Gasteiger partial charge in [-0.3, -0.25) is 9.79 Å². The summed E-state index contributed by atoms with van der Waals surface area (Å²) >= 11 is 0. The summed E-state index contributed by atoms with van der Waals surface area (Å²) in [5.41, 5.74) is -0.692.